The zero-order chi connectivity index (χ0) is 12.2. The average Bonchev–Trinajstić information content (AvgIpc) is 2.67. The Morgan fingerprint density at radius 3 is 2.88 bits per heavy atom. The largest absolute Gasteiger partial charge is 0.394 e. The lowest BCUT2D eigenvalue weighted by Gasteiger charge is -2.22. The first kappa shape index (κ1) is 12.7. The maximum absolute atomic E-state index is 11.6. The normalized spacial score (nSPS) is 13.5. The summed E-state index contributed by atoms with van der Waals surface area (Å²) in [7, 11) is 0. The molecule has 0 fully saturated rings. The molecule has 16 heavy (non-hydrogen) atoms. The van der Waals surface area contributed by atoms with Crippen LogP contribution in [-0.2, 0) is 11.2 Å². The Kier molecular flexibility index (Phi) is 4.03. The van der Waals surface area contributed by atoms with Crippen molar-refractivity contribution in [3.63, 3.8) is 0 Å². The molecule has 0 radical (unpaired) electrons. The highest BCUT2D eigenvalue weighted by molar-refractivity contribution is 5.85. The molecule has 0 spiro atoms. The highest BCUT2D eigenvalue weighted by Crippen LogP contribution is 2.01. The van der Waals surface area contributed by atoms with Gasteiger partial charge < -0.3 is 21.1 Å². The molecule has 5 N–H and O–H groups in total. The SMILES string of the molecule is CC(C)(N)C(=O)N[C@H](CO)Cc1cnc[nH]1. The van der Waals surface area contributed by atoms with E-state index < -0.39 is 5.54 Å². The lowest BCUT2D eigenvalue weighted by molar-refractivity contribution is -0.126. The summed E-state index contributed by atoms with van der Waals surface area (Å²) < 4.78 is 0. The molecule has 1 amide bonds. The lowest BCUT2D eigenvalue weighted by Crippen LogP contribution is -2.53. The number of nitrogens with two attached hydrogens (primary N) is 1. The first-order valence-corrected chi connectivity index (χ1v) is 5.11. The molecule has 90 valence electrons. The fraction of sp³-hybridized carbons (Fsp3) is 0.600. The van der Waals surface area contributed by atoms with E-state index in [1.165, 1.54) is 0 Å². The van der Waals surface area contributed by atoms with Crippen LogP contribution < -0.4 is 11.1 Å². The van der Waals surface area contributed by atoms with Crippen LogP contribution in [0.2, 0.25) is 0 Å². The highest BCUT2D eigenvalue weighted by Gasteiger charge is 2.24. The van der Waals surface area contributed by atoms with Crippen molar-refractivity contribution >= 4 is 5.91 Å². The van der Waals surface area contributed by atoms with Gasteiger partial charge >= 0.3 is 0 Å². The minimum atomic E-state index is -0.943. The highest BCUT2D eigenvalue weighted by atomic mass is 16.3. The van der Waals surface area contributed by atoms with Crippen molar-refractivity contribution in [1.82, 2.24) is 15.3 Å². The van der Waals surface area contributed by atoms with E-state index in [-0.39, 0.29) is 18.6 Å². The monoisotopic (exact) mass is 226 g/mol. The second-order valence-electron chi connectivity index (χ2n) is 4.36. The molecule has 0 aliphatic heterocycles. The number of aliphatic hydroxyl groups excluding tert-OH is 1. The number of hydrogen-bond acceptors (Lipinski definition) is 4. The number of aliphatic hydroxyl groups is 1. The summed E-state index contributed by atoms with van der Waals surface area (Å²) in [5.74, 6) is -0.286. The Labute approximate surface area is 94.3 Å². The summed E-state index contributed by atoms with van der Waals surface area (Å²) in [6, 6.07) is -0.351. The summed E-state index contributed by atoms with van der Waals surface area (Å²) in [6.07, 6.45) is 3.71. The number of aromatic nitrogens is 2. The van der Waals surface area contributed by atoms with Gasteiger partial charge in [0, 0.05) is 18.3 Å². The minimum absolute atomic E-state index is 0.138. The first-order valence-electron chi connectivity index (χ1n) is 5.11. The van der Waals surface area contributed by atoms with Crippen LogP contribution in [0.4, 0.5) is 0 Å². The van der Waals surface area contributed by atoms with E-state index in [1.807, 2.05) is 0 Å². The molecule has 0 saturated heterocycles. The molecule has 0 aliphatic rings. The number of imidazole rings is 1. The Bertz CT molecular complexity index is 329. The van der Waals surface area contributed by atoms with Crippen LogP contribution in [0.1, 0.15) is 19.5 Å². The van der Waals surface area contributed by atoms with Crippen LogP contribution in [-0.4, -0.2) is 39.2 Å². The van der Waals surface area contributed by atoms with Crippen molar-refractivity contribution < 1.29 is 9.90 Å². The predicted molar refractivity (Wildman–Crippen MR) is 59.6 cm³/mol. The van der Waals surface area contributed by atoms with Gasteiger partial charge in [0.2, 0.25) is 5.91 Å². The van der Waals surface area contributed by atoms with Crippen molar-refractivity contribution in [2.24, 2.45) is 5.73 Å². The summed E-state index contributed by atoms with van der Waals surface area (Å²) in [6.45, 7) is 3.10. The van der Waals surface area contributed by atoms with Gasteiger partial charge in [0.05, 0.1) is 24.5 Å². The number of carbonyl (C=O) groups is 1. The van der Waals surface area contributed by atoms with Gasteiger partial charge in [-0.2, -0.15) is 0 Å². The third kappa shape index (κ3) is 3.63. The summed E-state index contributed by atoms with van der Waals surface area (Å²) in [5.41, 5.74) is 5.55. The number of amides is 1. The number of carbonyl (C=O) groups excluding carboxylic acids is 1. The van der Waals surface area contributed by atoms with Crippen LogP contribution in [0.5, 0.6) is 0 Å². The van der Waals surface area contributed by atoms with Crippen molar-refractivity contribution in [2.75, 3.05) is 6.61 Å². The molecule has 1 atom stereocenters. The van der Waals surface area contributed by atoms with Gasteiger partial charge in [-0.1, -0.05) is 0 Å². The maximum atomic E-state index is 11.6. The molecular weight excluding hydrogens is 208 g/mol. The molecule has 0 saturated carbocycles. The second kappa shape index (κ2) is 5.09. The van der Waals surface area contributed by atoms with E-state index in [0.29, 0.717) is 6.42 Å². The van der Waals surface area contributed by atoms with Gasteiger partial charge in [0.25, 0.3) is 0 Å². The zero-order valence-electron chi connectivity index (χ0n) is 9.53. The number of nitrogens with one attached hydrogen (secondary N) is 2. The summed E-state index contributed by atoms with van der Waals surface area (Å²) in [4.78, 5) is 18.4. The molecule has 6 nitrogen and oxygen atoms in total. The van der Waals surface area contributed by atoms with Gasteiger partial charge in [0.15, 0.2) is 0 Å². The average molecular weight is 226 g/mol. The van der Waals surface area contributed by atoms with Crippen LogP contribution in [0.15, 0.2) is 12.5 Å². The third-order valence-corrected chi connectivity index (χ3v) is 2.16. The molecule has 1 aromatic rings. The predicted octanol–water partition coefficient (Wildman–Crippen LogP) is -0.833. The minimum Gasteiger partial charge on any atom is -0.394 e. The second-order valence-corrected chi connectivity index (χ2v) is 4.36. The van der Waals surface area contributed by atoms with E-state index in [9.17, 15) is 4.79 Å². The quantitative estimate of drug-likeness (QED) is 0.526. The maximum Gasteiger partial charge on any atom is 0.239 e. The molecule has 6 heteroatoms. The Morgan fingerprint density at radius 1 is 1.75 bits per heavy atom. The number of nitrogens with zero attached hydrogens (tertiary/aromatic N) is 1. The Morgan fingerprint density at radius 2 is 2.44 bits per heavy atom. The molecule has 0 aromatic carbocycles. The zero-order valence-corrected chi connectivity index (χ0v) is 9.53. The van der Waals surface area contributed by atoms with Gasteiger partial charge in [-0.15, -0.1) is 0 Å². The molecule has 1 rings (SSSR count). The third-order valence-electron chi connectivity index (χ3n) is 2.16. The van der Waals surface area contributed by atoms with Gasteiger partial charge in [-0.25, -0.2) is 4.98 Å². The van der Waals surface area contributed by atoms with Crippen molar-refractivity contribution in [3.8, 4) is 0 Å². The molecule has 1 heterocycles. The first-order chi connectivity index (χ1) is 7.43. The number of aromatic amines is 1. The molecule has 0 bridgehead atoms. The number of rotatable bonds is 5. The van der Waals surface area contributed by atoms with E-state index in [1.54, 1.807) is 26.4 Å². The van der Waals surface area contributed by atoms with Crippen molar-refractivity contribution in [2.45, 2.75) is 31.8 Å². The molecule has 1 aromatic heterocycles. The van der Waals surface area contributed by atoms with Crippen LogP contribution in [0.25, 0.3) is 0 Å². The molecule has 0 aliphatic carbocycles. The number of hydrogen-bond donors (Lipinski definition) is 4. The van der Waals surface area contributed by atoms with Crippen LogP contribution in [0, 0.1) is 0 Å². The molecule has 0 unspecified atom stereocenters. The fourth-order valence-corrected chi connectivity index (χ4v) is 1.19. The number of H-pyrrole nitrogens is 1. The lowest BCUT2D eigenvalue weighted by atomic mass is 10.0. The topological polar surface area (TPSA) is 104 Å². The Hall–Kier alpha value is -1.40. The summed E-state index contributed by atoms with van der Waals surface area (Å²) in [5, 5.41) is 11.8. The van der Waals surface area contributed by atoms with E-state index >= 15 is 0 Å². The van der Waals surface area contributed by atoms with Crippen LogP contribution >= 0.6 is 0 Å². The van der Waals surface area contributed by atoms with E-state index in [0.717, 1.165) is 5.69 Å². The van der Waals surface area contributed by atoms with Gasteiger partial charge in [-0.05, 0) is 13.8 Å². The van der Waals surface area contributed by atoms with Crippen molar-refractivity contribution in [1.29, 1.82) is 0 Å². The summed E-state index contributed by atoms with van der Waals surface area (Å²) >= 11 is 0. The van der Waals surface area contributed by atoms with Gasteiger partial charge in [0.1, 0.15) is 0 Å². The van der Waals surface area contributed by atoms with Crippen molar-refractivity contribution in [3.05, 3.63) is 18.2 Å². The van der Waals surface area contributed by atoms with E-state index in [2.05, 4.69) is 15.3 Å². The van der Waals surface area contributed by atoms with Gasteiger partial charge in [-0.3, -0.25) is 4.79 Å². The fourth-order valence-electron chi connectivity index (χ4n) is 1.19. The Balaban J connectivity index is 2.53. The van der Waals surface area contributed by atoms with E-state index in [4.69, 9.17) is 10.8 Å². The van der Waals surface area contributed by atoms with Crippen LogP contribution in [0.3, 0.4) is 0 Å². The molecular formula is C10H18N4O2. The standard InChI is InChI=1S/C10H18N4O2/c1-10(2,11)9(16)14-8(5-15)3-7-4-12-6-13-7/h4,6,8,15H,3,5,11H2,1-2H3,(H,12,13)(H,14,16)/t8-/m0/s1. The smallest absolute Gasteiger partial charge is 0.239 e.